The Morgan fingerprint density at radius 2 is 0.530 bits per heavy atom. The summed E-state index contributed by atoms with van der Waals surface area (Å²) in [6.45, 7) is 4.54. The van der Waals surface area contributed by atoms with Gasteiger partial charge in [-0.3, -0.25) is 37.3 Å². The molecule has 0 radical (unpaired) electrons. The van der Waals surface area contributed by atoms with E-state index in [0.717, 1.165) is 161 Å². The molecule has 0 rings (SSSR count). The Labute approximate surface area is 606 Å². The molecule has 0 aromatic carbocycles. The van der Waals surface area contributed by atoms with E-state index in [1.807, 2.05) is 0 Å². The quantitative estimate of drug-likeness (QED) is 0.0169. The average Bonchev–Trinajstić information content (AvgIpc) is 0.930. The van der Waals surface area contributed by atoms with E-state index < -0.39 is 97.5 Å². The van der Waals surface area contributed by atoms with E-state index in [-0.39, 0.29) is 25.7 Å². The molecule has 0 saturated carbocycles. The van der Waals surface area contributed by atoms with Crippen molar-refractivity contribution in [3.8, 4) is 0 Å². The van der Waals surface area contributed by atoms with Crippen molar-refractivity contribution < 1.29 is 80.2 Å². The number of ether oxygens (including phenoxy) is 4. The van der Waals surface area contributed by atoms with Gasteiger partial charge in [-0.1, -0.05) is 278 Å². The van der Waals surface area contributed by atoms with Gasteiger partial charge in [-0.15, -0.1) is 0 Å². The largest absolute Gasteiger partial charge is 0.472 e. The first-order chi connectivity index (χ1) is 48.7. The van der Waals surface area contributed by atoms with Crippen LogP contribution < -0.4 is 0 Å². The van der Waals surface area contributed by atoms with Crippen LogP contribution in [-0.2, 0) is 65.4 Å². The molecule has 5 unspecified atom stereocenters. The van der Waals surface area contributed by atoms with Gasteiger partial charge in [-0.2, -0.15) is 0 Å². The Morgan fingerprint density at radius 1 is 0.290 bits per heavy atom. The standard InChI is InChI=1S/C81H138O17P2/c1-5-9-13-17-21-25-29-32-34-36-37-39-40-43-47-50-54-58-62-66-79(84)92-72-77(98-81(86)68-64-60-56-52-48-44-41-38-35-33-30-26-22-18-14-10-6-2)74-96-100(89,90)94-70-75(82)69-93-99(87,88)95-73-76(97-80(85)67-63-59-55-51-45-28-24-20-16-12-8-4)71-91-78(83)65-61-57-53-49-46-42-31-27-23-19-15-11-7-3/h9-10,13-14,20-22,24-26,32-35,37,39,41,43-44,47,75-77,82H,5-8,11-12,15-19,23,27-31,36,38,40,42,45-46,48-74H2,1-4H3,(H,87,88)(H,89,90)/b13-9-,14-10-,24-20-,25-21-,26-22-,34-32-,35-33-,39-37-,44-41-,47-43-. The number of hydrogen-bond donors (Lipinski definition) is 3. The van der Waals surface area contributed by atoms with E-state index in [0.29, 0.717) is 25.7 Å². The van der Waals surface area contributed by atoms with Gasteiger partial charge in [0.1, 0.15) is 19.3 Å². The maximum atomic E-state index is 13.1. The van der Waals surface area contributed by atoms with Gasteiger partial charge in [0.05, 0.1) is 26.4 Å². The van der Waals surface area contributed by atoms with E-state index in [2.05, 4.69) is 149 Å². The van der Waals surface area contributed by atoms with Crippen LogP contribution in [0, 0.1) is 0 Å². The zero-order valence-electron chi connectivity index (χ0n) is 62.6. The molecule has 19 heteroatoms. The second-order valence-corrected chi connectivity index (χ2v) is 28.4. The minimum absolute atomic E-state index is 0.0566. The molecule has 0 aliphatic rings. The van der Waals surface area contributed by atoms with Gasteiger partial charge in [0.25, 0.3) is 0 Å². The fourth-order valence-corrected chi connectivity index (χ4v) is 11.6. The number of carbonyl (C=O) groups is 4. The van der Waals surface area contributed by atoms with Crippen LogP contribution in [0.1, 0.15) is 310 Å². The van der Waals surface area contributed by atoms with Crippen LogP contribution in [0.5, 0.6) is 0 Å². The molecule has 0 aromatic rings. The van der Waals surface area contributed by atoms with Gasteiger partial charge >= 0.3 is 39.5 Å². The number of esters is 4. The molecule has 0 heterocycles. The Bertz CT molecular complexity index is 2370. The molecule has 100 heavy (non-hydrogen) atoms. The Hall–Kier alpha value is -4.54. The molecule has 0 saturated heterocycles. The van der Waals surface area contributed by atoms with Crippen molar-refractivity contribution in [2.75, 3.05) is 39.6 Å². The Morgan fingerprint density at radius 3 is 0.850 bits per heavy atom. The Balaban J connectivity index is 5.39. The van der Waals surface area contributed by atoms with Crippen molar-refractivity contribution in [1.82, 2.24) is 0 Å². The number of phosphoric acid groups is 2. The van der Waals surface area contributed by atoms with Crippen LogP contribution in [-0.4, -0.2) is 96.7 Å². The number of phosphoric ester groups is 2. The number of allylic oxidation sites excluding steroid dienone is 20. The van der Waals surface area contributed by atoms with Crippen LogP contribution in [0.2, 0.25) is 0 Å². The van der Waals surface area contributed by atoms with Crippen LogP contribution >= 0.6 is 15.6 Å². The molecule has 0 aromatic heterocycles. The van der Waals surface area contributed by atoms with Crippen molar-refractivity contribution in [2.24, 2.45) is 0 Å². The van der Waals surface area contributed by atoms with Crippen molar-refractivity contribution in [1.29, 1.82) is 0 Å². The predicted molar refractivity (Wildman–Crippen MR) is 408 cm³/mol. The molecular weight excluding hydrogens is 1310 g/mol. The highest BCUT2D eigenvalue weighted by atomic mass is 31.2. The van der Waals surface area contributed by atoms with Gasteiger partial charge in [0.2, 0.25) is 0 Å². The minimum Gasteiger partial charge on any atom is -0.462 e. The lowest BCUT2D eigenvalue weighted by atomic mass is 10.0. The molecule has 5 atom stereocenters. The SMILES string of the molecule is CC/C=C\C/C=C\C/C=C\C/C=C\C/C=C\CCCCCC(=O)OCC(COP(=O)(O)OCC(O)COP(=O)(O)OCC(COC(=O)CCCCCCCCCCCCCCC)OC(=O)CCCCCCC/C=C\CCCC)OC(=O)CCCCCC/C=C\C/C=C\C/C=C\C/C=C\CC. The molecule has 0 spiro atoms. The van der Waals surface area contributed by atoms with E-state index >= 15 is 0 Å². The summed E-state index contributed by atoms with van der Waals surface area (Å²) in [7, 11) is -9.97. The van der Waals surface area contributed by atoms with Crippen LogP contribution in [0.15, 0.2) is 122 Å². The lowest BCUT2D eigenvalue weighted by Crippen LogP contribution is -2.30. The minimum atomic E-state index is -4.99. The first kappa shape index (κ1) is 95.5. The van der Waals surface area contributed by atoms with Gasteiger partial charge in [0, 0.05) is 25.7 Å². The second kappa shape index (κ2) is 72.8. The normalized spacial score (nSPS) is 14.6. The highest BCUT2D eigenvalue weighted by molar-refractivity contribution is 7.47. The molecule has 574 valence electrons. The van der Waals surface area contributed by atoms with E-state index in [9.17, 15) is 43.2 Å². The summed E-state index contributed by atoms with van der Waals surface area (Å²) in [5.74, 6) is -2.24. The predicted octanol–water partition coefficient (Wildman–Crippen LogP) is 22.3. The Kier molecular flexibility index (Phi) is 69.5. The molecule has 17 nitrogen and oxygen atoms in total. The first-order valence-corrected chi connectivity index (χ1v) is 41.8. The average molecular weight is 1450 g/mol. The summed E-state index contributed by atoms with van der Waals surface area (Å²) < 4.78 is 68.4. The first-order valence-electron chi connectivity index (χ1n) is 38.8. The van der Waals surface area contributed by atoms with Crippen molar-refractivity contribution in [2.45, 2.75) is 329 Å². The topological polar surface area (TPSA) is 237 Å². The number of hydrogen-bond acceptors (Lipinski definition) is 15. The maximum Gasteiger partial charge on any atom is 0.472 e. The number of aliphatic hydroxyl groups is 1. The zero-order chi connectivity index (χ0) is 73.2. The fourth-order valence-electron chi connectivity index (χ4n) is 10.0. The molecule has 0 aliphatic heterocycles. The van der Waals surface area contributed by atoms with Gasteiger partial charge in [0.15, 0.2) is 12.2 Å². The third-order valence-corrected chi connectivity index (χ3v) is 17.8. The molecule has 0 fully saturated rings. The third-order valence-electron chi connectivity index (χ3n) is 15.9. The van der Waals surface area contributed by atoms with E-state index in [4.69, 9.17) is 37.0 Å². The van der Waals surface area contributed by atoms with Crippen molar-refractivity contribution in [3.63, 3.8) is 0 Å². The highest BCUT2D eigenvalue weighted by Gasteiger charge is 2.30. The van der Waals surface area contributed by atoms with Crippen LogP contribution in [0.25, 0.3) is 0 Å². The van der Waals surface area contributed by atoms with Crippen molar-refractivity contribution in [3.05, 3.63) is 122 Å². The number of aliphatic hydroxyl groups excluding tert-OH is 1. The van der Waals surface area contributed by atoms with E-state index in [1.165, 1.54) is 70.6 Å². The lowest BCUT2D eigenvalue weighted by molar-refractivity contribution is -0.161. The van der Waals surface area contributed by atoms with Crippen LogP contribution in [0.4, 0.5) is 0 Å². The molecular formula is C81H138O17P2. The zero-order valence-corrected chi connectivity index (χ0v) is 64.4. The van der Waals surface area contributed by atoms with Gasteiger partial charge in [-0.25, -0.2) is 9.13 Å². The van der Waals surface area contributed by atoms with Crippen LogP contribution in [0.3, 0.4) is 0 Å². The second-order valence-electron chi connectivity index (χ2n) is 25.5. The maximum absolute atomic E-state index is 13.1. The summed E-state index contributed by atoms with van der Waals surface area (Å²) in [4.78, 5) is 72.9. The number of rotatable bonds is 72. The van der Waals surface area contributed by atoms with Crippen molar-refractivity contribution >= 4 is 39.5 Å². The highest BCUT2D eigenvalue weighted by Crippen LogP contribution is 2.45. The summed E-state index contributed by atoms with van der Waals surface area (Å²) in [5.41, 5.74) is 0. The summed E-state index contributed by atoms with van der Waals surface area (Å²) in [6, 6.07) is 0. The fraction of sp³-hybridized carbons (Fsp3) is 0.704. The van der Waals surface area contributed by atoms with E-state index in [1.54, 1.807) is 0 Å². The monoisotopic (exact) mass is 1440 g/mol. The number of unbranched alkanes of at least 4 members (excludes halogenated alkanes) is 26. The molecule has 0 amide bonds. The molecule has 3 N–H and O–H groups in total. The smallest absolute Gasteiger partial charge is 0.462 e. The van der Waals surface area contributed by atoms with Gasteiger partial charge < -0.3 is 33.8 Å². The summed E-state index contributed by atoms with van der Waals surface area (Å²) in [6.07, 6.45) is 79.0. The number of carbonyl (C=O) groups excluding carboxylic acids is 4. The molecule has 0 bridgehead atoms. The summed E-state index contributed by atoms with van der Waals surface area (Å²) in [5, 5.41) is 10.6. The third kappa shape index (κ3) is 71.8. The lowest BCUT2D eigenvalue weighted by Gasteiger charge is -2.21. The van der Waals surface area contributed by atoms with Gasteiger partial charge in [-0.05, 0) is 128 Å². The summed E-state index contributed by atoms with van der Waals surface area (Å²) >= 11 is 0. The molecule has 0 aliphatic carbocycles.